The van der Waals surface area contributed by atoms with Gasteiger partial charge in [0.1, 0.15) is 0 Å². The lowest BCUT2D eigenvalue weighted by atomic mass is 9.94. The van der Waals surface area contributed by atoms with Gasteiger partial charge in [-0.05, 0) is 90.2 Å². The van der Waals surface area contributed by atoms with Gasteiger partial charge >= 0.3 is 0 Å². The molecule has 38 heavy (non-hydrogen) atoms. The van der Waals surface area contributed by atoms with E-state index in [9.17, 15) is 0 Å². The minimum Gasteiger partial charge on any atom is -0.338 e. The molecule has 0 aromatic heterocycles. The first-order valence-electron chi connectivity index (χ1n) is 13.9. The van der Waals surface area contributed by atoms with Gasteiger partial charge in [0.15, 0.2) is 0 Å². The Morgan fingerprint density at radius 3 is 2.08 bits per heavy atom. The summed E-state index contributed by atoms with van der Waals surface area (Å²) >= 11 is 0. The first kappa shape index (κ1) is 23.5. The number of hydrogen-bond acceptors (Lipinski definition) is 1. The Hall–Kier alpha value is -3.62. The Morgan fingerprint density at radius 2 is 1.29 bits per heavy atom. The molecule has 186 valence electrons. The number of benzene rings is 4. The van der Waals surface area contributed by atoms with E-state index >= 15 is 0 Å². The minimum absolute atomic E-state index is 0.472. The molecule has 0 saturated carbocycles. The largest absolute Gasteiger partial charge is 0.338 e. The summed E-state index contributed by atoms with van der Waals surface area (Å²) < 4.78 is 0. The molecular weight excluding hydrogens is 474 g/mol. The molecule has 7 rings (SSSR count). The highest BCUT2D eigenvalue weighted by atomic mass is 28.2. The van der Waals surface area contributed by atoms with Crippen LogP contribution in [-0.4, -0.2) is 15.6 Å². The molecule has 0 fully saturated rings. The monoisotopic (exact) mass is 507 g/mol. The quantitative estimate of drug-likeness (QED) is 0.249. The SMILES string of the molecule is CC1=Cc2c(-c3ccccc3)cccc2C1[Si]C1C(C)=Cc2c1cccc2N1c2ccccc2CCC1C. The topological polar surface area (TPSA) is 3.24 Å². The Kier molecular flexibility index (Phi) is 5.74. The van der Waals surface area contributed by atoms with Crippen LogP contribution in [0.5, 0.6) is 0 Å². The van der Waals surface area contributed by atoms with Crippen LogP contribution in [-0.2, 0) is 6.42 Å². The molecule has 0 N–H and O–H groups in total. The first-order chi connectivity index (χ1) is 18.6. The molecule has 1 nitrogen and oxygen atoms in total. The van der Waals surface area contributed by atoms with Crippen LogP contribution in [0.25, 0.3) is 23.3 Å². The number of hydrogen-bond donors (Lipinski definition) is 0. The molecule has 4 aromatic rings. The van der Waals surface area contributed by atoms with Crippen LogP contribution in [0.4, 0.5) is 11.4 Å². The van der Waals surface area contributed by atoms with Crippen molar-refractivity contribution in [2.75, 3.05) is 4.90 Å². The van der Waals surface area contributed by atoms with Crippen molar-refractivity contribution in [1.82, 2.24) is 0 Å². The number of aryl methyl sites for hydroxylation is 1. The van der Waals surface area contributed by atoms with Crippen LogP contribution in [0.1, 0.15) is 66.1 Å². The van der Waals surface area contributed by atoms with Crippen molar-refractivity contribution in [2.45, 2.75) is 50.7 Å². The molecule has 3 aliphatic rings. The lowest BCUT2D eigenvalue weighted by Crippen LogP contribution is -2.33. The molecule has 3 unspecified atom stereocenters. The Bertz CT molecular complexity index is 1600. The number of para-hydroxylation sites is 1. The Morgan fingerprint density at radius 1 is 0.658 bits per heavy atom. The highest BCUT2D eigenvalue weighted by molar-refractivity contribution is 6.44. The van der Waals surface area contributed by atoms with Crippen molar-refractivity contribution < 1.29 is 0 Å². The summed E-state index contributed by atoms with van der Waals surface area (Å²) in [7, 11) is 0.796. The van der Waals surface area contributed by atoms with Gasteiger partial charge in [0.25, 0.3) is 0 Å². The van der Waals surface area contributed by atoms with Gasteiger partial charge in [-0.25, -0.2) is 0 Å². The summed E-state index contributed by atoms with van der Waals surface area (Å²) in [5, 5.41) is 0. The van der Waals surface area contributed by atoms with Gasteiger partial charge in [-0.15, -0.1) is 0 Å². The van der Waals surface area contributed by atoms with Crippen molar-refractivity contribution in [3.8, 4) is 11.1 Å². The van der Waals surface area contributed by atoms with Crippen molar-refractivity contribution in [2.24, 2.45) is 0 Å². The summed E-state index contributed by atoms with van der Waals surface area (Å²) in [4.78, 5) is 2.61. The molecular formula is C36H33NSi. The standard InChI is InChI=1S/C36H33NSi/c1-23-21-31-28(26-11-5-4-6-12-26)14-9-15-29(31)35(23)38-36-24(2)22-32-30(36)16-10-18-34(32)37-25(3)19-20-27-13-7-8-17-33(27)37/h4-18,21-22,25,35-36H,19-20H2,1-3H3. The van der Waals surface area contributed by atoms with E-state index in [4.69, 9.17) is 0 Å². The fraction of sp³-hybridized carbons (Fsp3) is 0.222. The highest BCUT2D eigenvalue weighted by Gasteiger charge is 2.34. The van der Waals surface area contributed by atoms with Gasteiger partial charge in [0, 0.05) is 23.0 Å². The molecule has 3 atom stereocenters. The lowest BCUT2D eigenvalue weighted by Gasteiger charge is -2.38. The first-order valence-corrected chi connectivity index (χ1v) is 15.1. The van der Waals surface area contributed by atoms with E-state index in [1.54, 1.807) is 0 Å². The third kappa shape index (κ3) is 3.74. The van der Waals surface area contributed by atoms with Crippen LogP contribution in [0.2, 0.25) is 0 Å². The second kappa shape index (κ2) is 9.29. The smallest absolute Gasteiger partial charge is 0.0678 e. The summed E-state index contributed by atoms with van der Waals surface area (Å²) in [6.07, 6.45) is 7.30. The second-order valence-corrected chi connectivity index (χ2v) is 12.6. The zero-order valence-corrected chi connectivity index (χ0v) is 23.4. The van der Waals surface area contributed by atoms with E-state index in [1.165, 1.54) is 74.3 Å². The molecule has 0 bridgehead atoms. The molecule has 0 saturated heterocycles. The maximum atomic E-state index is 2.61. The molecule has 2 radical (unpaired) electrons. The zero-order chi connectivity index (χ0) is 25.8. The number of allylic oxidation sites excluding steroid dienone is 2. The second-order valence-electron chi connectivity index (χ2n) is 11.2. The number of nitrogens with zero attached hydrogens (tertiary/aromatic N) is 1. The summed E-state index contributed by atoms with van der Waals surface area (Å²) in [5.74, 6) is 0. The molecule has 1 aliphatic heterocycles. The number of rotatable bonds is 4. The van der Waals surface area contributed by atoms with Gasteiger partial charge in [-0.2, -0.15) is 0 Å². The highest BCUT2D eigenvalue weighted by Crippen LogP contribution is 2.48. The molecule has 2 heteroatoms. The van der Waals surface area contributed by atoms with Crippen LogP contribution >= 0.6 is 0 Å². The van der Waals surface area contributed by atoms with E-state index in [1.807, 2.05) is 0 Å². The Labute approximate surface area is 229 Å². The summed E-state index contributed by atoms with van der Waals surface area (Å²) in [5.41, 5.74) is 16.7. The van der Waals surface area contributed by atoms with Gasteiger partial charge in [-0.3, -0.25) is 0 Å². The molecule has 4 aromatic carbocycles. The average molecular weight is 508 g/mol. The molecule has 2 aliphatic carbocycles. The van der Waals surface area contributed by atoms with Gasteiger partial charge in [0.2, 0.25) is 0 Å². The van der Waals surface area contributed by atoms with Gasteiger partial charge < -0.3 is 4.90 Å². The predicted octanol–water partition coefficient (Wildman–Crippen LogP) is 9.15. The fourth-order valence-corrected chi connectivity index (χ4v) is 8.72. The van der Waals surface area contributed by atoms with Crippen molar-refractivity contribution in [1.29, 1.82) is 0 Å². The van der Waals surface area contributed by atoms with E-state index in [2.05, 4.69) is 129 Å². The maximum Gasteiger partial charge on any atom is 0.0678 e. The van der Waals surface area contributed by atoms with E-state index < -0.39 is 0 Å². The summed E-state index contributed by atoms with van der Waals surface area (Å²) in [6.45, 7) is 7.07. The minimum atomic E-state index is 0.472. The predicted molar refractivity (Wildman–Crippen MR) is 163 cm³/mol. The lowest BCUT2D eigenvalue weighted by molar-refractivity contribution is 0.618. The molecule has 1 heterocycles. The van der Waals surface area contributed by atoms with Crippen LogP contribution in [0, 0.1) is 0 Å². The Balaban J connectivity index is 1.25. The fourth-order valence-electron chi connectivity index (χ4n) is 6.83. The third-order valence-corrected chi connectivity index (χ3v) is 10.9. The molecule has 0 amide bonds. The maximum absolute atomic E-state index is 2.61. The summed E-state index contributed by atoms with van der Waals surface area (Å²) in [6, 6.07) is 34.2. The van der Waals surface area contributed by atoms with Gasteiger partial charge in [0.05, 0.1) is 9.52 Å². The number of fused-ring (bicyclic) bond motifs is 3. The third-order valence-electron chi connectivity index (χ3n) is 8.73. The zero-order valence-electron chi connectivity index (χ0n) is 22.4. The number of anilines is 2. The average Bonchev–Trinajstić information content (AvgIpc) is 3.44. The van der Waals surface area contributed by atoms with Crippen LogP contribution in [0.3, 0.4) is 0 Å². The normalized spacial score (nSPS) is 21.4. The van der Waals surface area contributed by atoms with Crippen LogP contribution in [0.15, 0.2) is 102 Å². The van der Waals surface area contributed by atoms with E-state index in [-0.39, 0.29) is 0 Å². The van der Waals surface area contributed by atoms with Crippen molar-refractivity contribution in [3.63, 3.8) is 0 Å². The van der Waals surface area contributed by atoms with Gasteiger partial charge in [-0.1, -0.05) is 102 Å². The van der Waals surface area contributed by atoms with Crippen molar-refractivity contribution in [3.05, 3.63) is 130 Å². The molecule has 0 spiro atoms. The van der Waals surface area contributed by atoms with E-state index in [0.717, 1.165) is 9.52 Å². The van der Waals surface area contributed by atoms with E-state index in [0.29, 0.717) is 17.1 Å². The van der Waals surface area contributed by atoms with Crippen LogP contribution < -0.4 is 4.90 Å². The van der Waals surface area contributed by atoms with Crippen molar-refractivity contribution >= 4 is 33.0 Å².